The second kappa shape index (κ2) is 7.96. The van der Waals surface area contributed by atoms with E-state index in [1.807, 2.05) is 0 Å². The Morgan fingerprint density at radius 1 is 1.33 bits per heavy atom. The van der Waals surface area contributed by atoms with Gasteiger partial charge < -0.3 is 31.4 Å². The van der Waals surface area contributed by atoms with E-state index in [4.69, 9.17) is 0 Å². The van der Waals surface area contributed by atoms with E-state index < -0.39 is 24.8 Å². The zero-order valence-electron chi connectivity index (χ0n) is 11.7. The highest BCUT2D eigenvalue weighted by Crippen LogP contribution is 2.53. The lowest BCUT2D eigenvalue weighted by atomic mass is 10.1. The molecule has 7 nitrogen and oxygen atoms in total. The summed E-state index contributed by atoms with van der Waals surface area (Å²) >= 11 is 0. The average molecular weight is 326 g/mol. The van der Waals surface area contributed by atoms with Crippen molar-refractivity contribution in [1.29, 1.82) is 0 Å². The molecule has 0 heterocycles. The number of methoxy groups -OCH3 is 1. The van der Waals surface area contributed by atoms with Gasteiger partial charge in [-0.05, 0) is 17.7 Å². The van der Waals surface area contributed by atoms with Gasteiger partial charge in [0.25, 0.3) is 5.66 Å². The number of halogens is 2. The molecule has 0 spiro atoms. The maximum absolute atomic E-state index is 13.3. The Kier molecular flexibility index (Phi) is 8.21. The lowest BCUT2D eigenvalue weighted by Crippen LogP contribution is -2.29. The summed E-state index contributed by atoms with van der Waals surface area (Å²) in [6.07, 6.45) is 2.14. The molecule has 0 fully saturated rings. The molecule has 10 heteroatoms. The number of quaternary nitrogens is 2. The standard InChI is InChI=1S/C11H11F2O5P.2H3N/c1-18-10(14)6-5-8-3-2-4-9(7-8)11(12,13)19(15,16)17;;/h2-7H,1H3,(H2,15,16,17);2*1H3/b6-5-;;. The fraction of sp³-hybridized carbons (Fsp3) is 0.182. The Labute approximate surface area is 119 Å². The second-order valence-corrected chi connectivity index (χ2v) is 5.08. The van der Waals surface area contributed by atoms with Gasteiger partial charge in [0, 0.05) is 19.2 Å². The molecule has 0 aliphatic heterocycles. The van der Waals surface area contributed by atoms with E-state index in [1.54, 1.807) is 0 Å². The Morgan fingerprint density at radius 3 is 2.38 bits per heavy atom. The molecule has 21 heavy (non-hydrogen) atoms. The Balaban J connectivity index is 0. The number of carbonyl (C=O) groups excluding carboxylic acids is 1. The van der Waals surface area contributed by atoms with E-state index in [0.717, 1.165) is 37.5 Å². The van der Waals surface area contributed by atoms with Gasteiger partial charge in [0.15, 0.2) is 0 Å². The number of esters is 1. The van der Waals surface area contributed by atoms with Crippen molar-refractivity contribution in [3.05, 3.63) is 41.5 Å². The third-order valence-electron chi connectivity index (χ3n) is 2.19. The van der Waals surface area contributed by atoms with Crippen LogP contribution in [0.15, 0.2) is 30.3 Å². The van der Waals surface area contributed by atoms with Crippen LogP contribution in [0, 0.1) is 0 Å². The van der Waals surface area contributed by atoms with Crippen LogP contribution in [-0.2, 0) is 19.8 Å². The van der Waals surface area contributed by atoms with Crippen molar-refractivity contribution in [2.24, 2.45) is 0 Å². The molecule has 0 atom stereocenters. The third-order valence-corrected chi connectivity index (χ3v) is 3.14. The van der Waals surface area contributed by atoms with Crippen molar-refractivity contribution in [1.82, 2.24) is 12.3 Å². The fourth-order valence-corrected chi connectivity index (χ4v) is 1.68. The molecule has 0 aliphatic rings. The van der Waals surface area contributed by atoms with E-state index in [-0.39, 0.29) is 17.9 Å². The molecule has 0 aliphatic carbocycles. The van der Waals surface area contributed by atoms with Gasteiger partial charge in [0.05, 0.1) is 7.11 Å². The van der Waals surface area contributed by atoms with Crippen molar-refractivity contribution in [3.63, 3.8) is 0 Å². The molecule has 0 radical (unpaired) electrons. The van der Waals surface area contributed by atoms with Gasteiger partial charge >= 0.3 is 5.97 Å². The molecular weight excluding hydrogens is 309 g/mol. The normalized spacial score (nSPS) is 11.5. The molecule has 0 unspecified atom stereocenters. The molecule has 1 aromatic rings. The quantitative estimate of drug-likeness (QED) is 0.486. The molecule has 0 saturated heterocycles. The van der Waals surface area contributed by atoms with E-state index in [0.29, 0.717) is 0 Å². The highest BCUT2D eigenvalue weighted by atomic mass is 31.2. The zero-order valence-corrected chi connectivity index (χ0v) is 12.6. The van der Waals surface area contributed by atoms with Crippen molar-refractivity contribution < 1.29 is 32.7 Å². The summed E-state index contributed by atoms with van der Waals surface area (Å²) in [4.78, 5) is 31.8. The Morgan fingerprint density at radius 2 is 1.90 bits per heavy atom. The molecule has 0 bridgehead atoms. The van der Waals surface area contributed by atoms with Gasteiger partial charge in [-0.2, -0.15) is 8.78 Å². The number of rotatable bonds is 4. The first-order chi connectivity index (χ1) is 8.68. The number of hydrogen-bond acceptors (Lipinski definition) is 5. The number of carbonyl (C=O) groups is 1. The van der Waals surface area contributed by atoms with Crippen molar-refractivity contribution in [2.75, 3.05) is 7.11 Å². The van der Waals surface area contributed by atoms with Crippen LogP contribution in [-0.4, -0.2) is 13.1 Å². The van der Waals surface area contributed by atoms with Gasteiger partial charge in [-0.15, -0.1) is 0 Å². The summed E-state index contributed by atoms with van der Waals surface area (Å²) in [5, 5.41) is 0. The van der Waals surface area contributed by atoms with Crippen LogP contribution in [0.25, 0.3) is 6.08 Å². The molecule has 1 aromatic carbocycles. The van der Waals surface area contributed by atoms with Gasteiger partial charge in [-0.25, -0.2) is 4.79 Å². The molecule has 0 aromatic heterocycles. The average Bonchev–Trinajstić information content (AvgIpc) is 2.35. The minimum atomic E-state index is -6.10. The molecule has 8 N–H and O–H groups in total. The van der Waals surface area contributed by atoms with Crippen molar-refractivity contribution in [2.45, 2.75) is 5.66 Å². The van der Waals surface area contributed by atoms with Gasteiger partial charge in [0.2, 0.25) is 0 Å². The summed E-state index contributed by atoms with van der Waals surface area (Å²) in [6, 6.07) is 4.13. The van der Waals surface area contributed by atoms with Crippen LogP contribution in [0.4, 0.5) is 8.78 Å². The number of ether oxygens (including phenoxy) is 1. The Hall–Kier alpha value is -1.64. The third kappa shape index (κ3) is 5.33. The second-order valence-electron chi connectivity index (χ2n) is 3.52. The number of hydrogen-bond donors (Lipinski definition) is 2. The Bertz CT molecular complexity index is 559. The smallest absolute Gasteiger partial charge is 0.330 e. The van der Waals surface area contributed by atoms with Gasteiger partial charge in [0.1, 0.15) is 0 Å². The predicted octanol–water partition coefficient (Wildman–Crippen LogP) is 1.59. The minimum Gasteiger partial charge on any atom is -0.806 e. The summed E-state index contributed by atoms with van der Waals surface area (Å²) in [5.41, 5.74) is -5.31. The first kappa shape index (κ1) is 21.7. The van der Waals surface area contributed by atoms with E-state index in [1.165, 1.54) is 6.07 Å². The molecular formula is C11H17F2N2O5P. The van der Waals surface area contributed by atoms with Gasteiger partial charge in [-0.1, -0.05) is 18.2 Å². The number of alkyl halides is 2. The molecule has 0 saturated carbocycles. The maximum atomic E-state index is 13.3. The summed E-state index contributed by atoms with van der Waals surface area (Å²) in [5.74, 6) is -0.699. The lowest BCUT2D eigenvalue weighted by Gasteiger charge is -2.37. The van der Waals surface area contributed by atoms with Crippen LogP contribution < -0.4 is 22.1 Å². The lowest BCUT2D eigenvalue weighted by molar-refractivity contribution is -0.335. The van der Waals surface area contributed by atoms with Crippen LogP contribution in [0.1, 0.15) is 11.1 Å². The molecule has 0 amide bonds. The minimum absolute atomic E-state index is 0. The summed E-state index contributed by atoms with van der Waals surface area (Å²) in [7, 11) is -4.96. The van der Waals surface area contributed by atoms with Crippen molar-refractivity contribution >= 4 is 19.6 Å². The maximum Gasteiger partial charge on any atom is 0.330 e. The van der Waals surface area contributed by atoms with Crippen molar-refractivity contribution in [3.8, 4) is 0 Å². The van der Waals surface area contributed by atoms with Crippen LogP contribution >= 0.6 is 7.60 Å². The highest BCUT2D eigenvalue weighted by molar-refractivity contribution is 7.49. The highest BCUT2D eigenvalue weighted by Gasteiger charge is 2.35. The van der Waals surface area contributed by atoms with E-state index in [9.17, 15) is 27.9 Å². The monoisotopic (exact) mass is 326 g/mol. The summed E-state index contributed by atoms with van der Waals surface area (Å²) in [6.45, 7) is 0. The predicted molar refractivity (Wildman–Crippen MR) is 71.0 cm³/mol. The van der Waals surface area contributed by atoms with E-state index in [2.05, 4.69) is 4.74 Å². The van der Waals surface area contributed by atoms with Crippen LogP contribution in [0.5, 0.6) is 0 Å². The zero-order chi connectivity index (χ0) is 14.7. The SMILES string of the molecule is COC(=O)/C=C\c1cccc(C(F)(F)P(=O)([O-])[O-])c1.[NH4+].[NH4+]. The van der Waals surface area contributed by atoms with Gasteiger partial charge in [-0.3, -0.25) is 0 Å². The largest absolute Gasteiger partial charge is 0.806 e. The first-order valence-electron chi connectivity index (χ1n) is 4.95. The van der Waals surface area contributed by atoms with E-state index >= 15 is 0 Å². The fourth-order valence-electron chi connectivity index (χ4n) is 1.22. The molecule has 1 rings (SSSR count). The first-order valence-corrected chi connectivity index (χ1v) is 6.49. The summed E-state index contributed by atoms with van der Waals surface area (Å²) < 4.78 is 41.4. The topological polar surface area (TPSA) is 162 Å². The van der Waals surface area contributed by atoms with Crippen LogP contribution in [0.2, 0.25) is 0 Å². The number of benzene rings is 1. The van der Waals surface area contributed by atoms with Crippen LogP contribution in [0.3, 0.4) is 0 Å². The molecule has 120 valence electrons.